The maximum absolute atomic E-state index is 11.8. The lowest BCUT2D eigenvalue weighted by atomic mass is 9.96. The molecule has 0 aliphatic carbocycles. The molecule has 5 rings (SSSR count). The average molecular weight is 394 g/mol. The van der Waals surface area contributed by atoms with Crippen LogP contribution in [0.1, 0.15) is 37.4 Å². The van der Waals surface area contributed by atoms with Crippen molar-refractivity contribution in [3.8, 4) is 0 Å². The SMILES string of the molecule is O=c1ncccn1CCN1CCC(c2nnc3ccc(N4CCCC4)nn23)CC1. The van der Waals surface area contributed by atoms with Crippen molar-refractivity contribution < 1.29 is 0 Å². The second-order valence-corrected chi connectivity index (χ2v) is 7.93. The molecule has 29 heavy (non-hydrogen) atoms. The van der Waals surface area contributed by atoms with E-state index < -0.39 is 0 Å². The Kier molecular flexibility index (Phi) is 4.97. The third-order valence-corrected chi connectivity index (χ3v) is 6.10. The highest BCUT2D eigenvalue weighted by Gasteiger charge is 2.25. The summed E-state index contributed by atoms with van der Waals surface area (Å²) in [7, 11) is 0. The third kappa shape index (κ3) is 3.74. The van der Waals surface area contributed by atoms with Gasteiger partial charge in [-0.05, 0) is 57.0 Å². The Labute approximate surface area is 169 Å². The maximum atomic E-state index is 11.8. The van der Waals surface area contributed by atoms with Crippen LogP contribution in [-0.4, -0.2) is 67.0 Å². The van der Waals surface area contributed by atoms with E-state index in [2.05, 4.69) is 31.0 Å². The summed E-state index contributed by atoms with van der Waals surface area (Å²) in [4.78, 5) is 20.3. The van der Waals surface area contributed by atoms with Gasteiger partial charge in [0.1, 0.15) is 5.82 Å². The van der Waals surface area contributed by atoms with Crippen LogP contribution in [0, 0.1) is 0 Å². The van der Waals surface area contributed by atoms with E-state index in [0.717, 1.165) is 62.9 Å². The fourth-order valence-corrected chi connectivity index (χ4v) is 4.39. The summed E-state index contributed by atoms with van der Waals surface area (Å²) in [6.07, 6.45) is 7.86. The summed E-state index contributed by atoms with van der Waals surface area (Å²) in [5.74, 6) is 2.36. The number of anilines is 1. The molecule has 2 saturated heterocycles. The first-order chi connectivity index (χ1) is 14.3. The quantitative estimate of drug-likeness (QED) is 0.642. The Hall–Kier alpha value is -2.81. The number of hydrogen-bond donors (Lipinski definition) is 0. The van der Waals surface area contributed by atoms with E-state index >= 15 is 0 Å². The Bertz CT molecular complexity index is 1030. The number of rotatable bonds is 5. The van der Waals surface area contributed by atoms with E-state index in [1.807, 2.05) is 10.6 Å². The van der Waals surface area contributed by atoms with Crippen molar-refractivity contribution in [3.63, 3.8) is 0 Å². The maximum Gasteiger partial charge on any atom is 0.347 e. The van der Waals surface area contributed by atoms with Crippen LogP contribution in [-0.2, 0) is 6.54 Å². The molecule has 0 aromatic carbocycles. The Balaban J connectivity index is 1.24. The smallest absolute Gasteiger partial charge is 0.347 e. The molecule has 0 N–H and O–H groups in total. The monoisotopic (exact) mass is 394 g/mol. The van der Waals surface area contributed by atoms with Gasteiger partial charge in [0.25, 0.3) is 0 Å². The molecule has 3 aromatic rings. The van der Waals surface area contributed by atoms with Gasteiger partial charge in [0, 0.05) is 44.5 Å². The molecule has 0 saturated carbocycles. The first kappa shape index (κ1) is 18.2. The van der Waals surface area contributed by atoms with E-state index in [0.29, 0.717) is 12.5 Å². The zero-order valence-electron chi connectivity index (χ0n) is 16.5. The van der Waals surface area contributed by atoms with Crippen molar-refractivity contribution in [2.45, 2.75) is 38.1 Å². The normalized spacial score (nSPS) is 18.7. The second kappa shape index (κ2) is 7.90. The van der Waals surface area contributed by atoms with Gasteiger partial charge in [-0.2, -0.15) is 4.52 Å². The molecule has 0 amide bonds. The molecule has 152 valence electrons. The van der Waals surface area contributed by atoms with E-state index in [9.17, 15) is 4.79 Å². The number of aromatic nitrogens is 6. The number of hydrogen-bond acceptors (Lipinski definition) is 7. The molecule has 2 fully saturated rings. The second-order valence-electron chi connectivity index (χ2n) is 7.93. The van der Waals surface area contributed by atoms with E-state index in [1.54, 1.807) is 16.8 Å². The fourth-order valence-electron chi connectivity index (χ4n) is 4.39. The van der Waals surface area contributed by atoms with Crippen molar-refractivity contribution in [2.24, 2.45) is 0 Å². The topological polar surface area (TPSA) is 84.5 Å². The van der Waals surface area contributed by atoms with Gasteiger partial charge >= 0.3 is 5.69 Å². The van der Waals surface area contributed by atoms with Gasteiger partial charge in [-0.3, -0.25) is 4.57 Å². The van der Waals surface area contributed by atoms with Crippen molar-refractivity contribution in [3.05, 3.63) is 46.9 Å². The van der Waals surface area contributed by atoms with Crippen molar-refractivity contribution in [1.82, 2.24) is 34.3 Å². The minimum atomic E-state index is -0.183. The molecular weight excluding hydrogens is 368 g/mol. The third-order valence-electron chi connectivity index (χ3n) is 6.10. The van der Waals surface area contributed by atoms with Crippen LogP contribution in [0.25, 0.3) is 5.65 Å². The highest BCUT2D eigenvalue weighted by Crippen LogP contribution is 2.27. The summed E-state index contributed by atoms with van der Waals surface area (Å²) in [5.41, 5.74) is 0.638. The van der Waals surface area contributed by atoms with Crippen LogP contribution < -0.4 is 10.6 Å². The molecule has 5 heterocycles. The minimum Gasteiger partial charge on any atom is -0.355 e. The van der Waals surface area contributed by atoms with Gasteiger partial charge < -0.3 is 9.80 Å². The lowest BCUT2D eigenvalue weighted by Gasteiger charge is -2.31. The predicted octanol–water partition coefficient (Wildman–Crippen LogP) is 1.16. The summed E-state index contributed by atoms with van der Waals surface area (Å²) in [6, 6.07) is 5.88. The molecule has 0 unspecified atom stereocenters. The van der Waals surface area contributed by atoms with Crippen LogP contribution in [0.15, 0.2) is 35.4 Å². The Morgan fingerprint density at radius 2 is 1.83 bits per heavy atom. The van der Waals surface area contributed by atoms with Gasteiger partial charge in [-0.15, -0.1) is 15.3 Å². The molecule has 9 nitrogen and oxygen atoms in total. The molecule has 0 atom stereocenters. The molecule has 0 radical (unpaired) electrons. The Morgan fingerprint density at radius 1 is 1.00 bits per heavy atom. The molecule has 0 bridgehead atoms. The number of piperidine rings is 1. The van der Waals surface area contributed by atoms with E-state index in [4.69, 9.17) is 5.10 Å². The van der Waals surface area contributed by atoms with Crippen LogP contribution in [0.5, 0.6) is 0 Å². The lowest BCUT2D eigenvalue weighted by molar-refractivity contribution is 0.200. The molecular formula is C20H26N8O. The van der Waals surface area contributed by atoms with Crippen LogP contribution in [0.2, 0.25) is 0 Å². The van der Waals surface area contributed by atoms with Gasteiger partial charge in [0.05, 0.1) is 0 Å². The van der Waals surface area contributed by atoms with Gasteiger partial charge in [0.15, 0.2) is 11.5 Å². The lowest BCUT2D eigenvalue weighted by Crippen LogP contribution is -2.37. The molecule has 9 heteroatoms. The van der Waals surface area contributed by atoms with Gasteiger partial charge in [-0.25, -0.2) is 9.78 Å². The van der Waals surface area contributed by atoms with Gasteiger partial charge in [-0.1, -0.05) is 0 Å². The van der Waals surface area contributed by atoms with Crippen molar-refractivity contribution in [2.75, 3.05) is 37.6 Å². The van der Waals surface area contributed by atoms with Crippen LogP contribution >= 0.6 is 0 Å². The van der Waals surface area contributed by atoms with Crippen LogP contribution in [0.3, 0.4) is 0 Å². The Morgan fingerprint density at radius 3 is 2.62 bits per heavy atom. The zero-order valence-corrected chi connectivity index (χ0v) is 16.5. The van der Waals surface area contributed by atoms with Crippen LogP contribution in [0.4, 0.5) is 5.82 Å². The first-order valence-electron chi connectivity index (χ1n) is 10.5. The predicted molar refractivity (Wildman–Crippen MR) is 109 cm³/mol. The van der Waals surface area contributed by atoms with Gasteiger partial charge in [0.2, 0.25) is 0 Å². The number of likely N-dealkylation sites (tertiary alicyclic amines) is 1. The first-order valence-corrected chi connectivity index (χ1v) is 10.5. The molecule has 3 aromatic heterocycles. The highest BCUT2D eigenvalue weighted by molar-refractivity contribution is 5.46. The largest absolute Gasteiger partial charge is 0.355 e. The fraction of sp³-hybridized carbons (Fsp3) is 0.550. The molecule has 2 aliphatic rings. The standard InChI is InChI=1S/C20H26N8O/c29-20-21-8-3-11-27(20)15-14-25-12-6-16(7-13-25)19-23-22-17-4-5-18(24-28(17)19)26-9-1-2-10-26/h3-5,8,11,16H,1-2,6-7,9-10,12-15H2. The summed E-state index contributed by atoms with van der Waals surface area (Å²) < 4.78 is 3.62. The number of fused-ring (bicyclic) bond motifs is 1. The summed E-state index contributed by atoms with van der Waals surface area (Å²) >= 11 is 0. The zero-order chi connectivity index (χ0) is 19.6. The van der Waals surface area contributed by atoms with Crippen molar-refractivity contribution >= 4 is 11.5 Å². The van der Waals surface area contributed by atoms with Crippen molar-refractivity contribution in [1.29, 1.82) is 0 Å². The highest BCUT2D eigenvalue weighted by atomic mass is 16.1. The van der Waals surface area contributed by atoms with E-state index in [1.165, 1.54) is 19.0 Å². The number of nitrogens with zero attached hydrogens (tertiary/aromatic N) is 8. The van der Waals surface area contributed by atoms with E-state index in [-0.39, 0.29) is 5.69 Å². The minimum absolute atomic E-state index is 0.183. The molecule has 2 aliphatic heterocycles. The summed E-state index contributed by atoms with van der Waals surface area (Å²) in [5, 5.41) is 13.7. The summed E-state index contributed by atoms with van der Waals surface area (Å²) in [6.45, 7) is 5.66. The molecule has 0 spiro atoms. The average Bonchev–Trinajstić information content (AvgIpc) is 3.43.